The molecule has 2 saturated heterocycles. The van der Waals surface area contributed by atoms with E-state index in [1.165, 1.54) is 6.42 Å². The van der Waals surface area contributed by atoms with Gasteiger partial charge in [-0.15, -0.1) is 0 Å². The van der Waals surface area contributed by atoms with Crippen LogP contribution < -0.4 is 20.7 Å². The lowest BCUT2D eigenvalue weighted by molar-refractivity contribution is 0.188. The van der Waals surface area contributed by atoms with Crippen molar-refractivity contribution < 1.29 is 9.26 Å². The average molecular weight is 534 g/mol. The standard InChI is InChI=1S/C28H39N9O2/c1-18-7-5-9-28(3,24(18)21(16-29)19(2)30)26-34-25(35-39-26)22-15-23(37-13-10-31-11-14-37)33-27(32-22)38-17-20-8-6-12-36(20)4/h15,20,31H,5-14,17,30H2,1-4H3/b21-19+/t20-,28-/m0/s1. The van der Waals surface area contributed by atoms with Gasteiger partial charge in [0.2, 0.25) is 11.7 Å². The van der Waals surface area contributed by atoms with E-state index in [1.54, 1.807) is 6.92 Å². The molecule has 0 saturated carbocycles. The molecule has 3 aliphatic rings. The number of likely N-dealkylation sites (tertiary alicyclic amines) is 1. The van der Waals surface area contributed by atoms with Gasteiger partial charge in [-0.1, -0.05) is 10.7 Å². The van der Waals surface area contributed by atoms with Crippen LogP contribution in [0.5, 0.6) is 6.01 Å². The van der Waals surface area contributed by atoms with Crippen molar-refractivity contribution >= 4 is 5.82 Å². The third kappa shape index (κ3) is 5.49. The first-order chi connectivity index (χ1) is 18.8. The number of aromatic nitrogens is 4. The van der Waals surface area contributed by atoms with E-state index in [1.807, 2.05) is 6.07 Å². The molecule has 2 aliphatic heterocycles. The van der Waals surface area contributed by atoms with Crippen LogP contribution in [0.4, 0.5) is 5.82 Å². The number of rotatable bonds is 7. The Morgan fingerprint density at radius 2 is 2.05 bits per heavy atom. The number of ether oxygens (including phenoxy) is 1. The number of nitriles is 1. The lowest BCUT2D eigenvalue weighted by atomic mass is 9.68. The number of anilines is 1. The van der Waals surface area contributed by atoms with Crippen molar-refractivity contribution in [1.82, 2.24) is 30.3 Å². The molecular weight excluding hydrogens is 494 g/mol. The molecule has 5 rings (SSSR count). The summed E-state index contributed by atoms with van der Waals surface area (Å²) in [5.41, 5.74) is 9.06. The van der Waals surface area contributed by atoms with E-state index in [0.717, 1.165) is 75.4 Å². The fourth-order valence-electron chi connectivity index (χ4n) is 6.03. The van der Waals surface area contributed by atoms with Gasteiger partial charge in [-0.3, -0.25) is 0 Å². The fourth-order valence-corrected chi connectivity index (χ4v) is 6.03. The molecule has 208 valence electrons. The van der Waals surface area contributed by atoms with Crippen LogP contribution in [0.2, 0.25) is 0 Å². The van der Waals surface area contributed by atoms with Gasteiger partial charge < -0.3 is 30.1 Å². The topological polar surface area (TPSA) is 142 Å². The smallest absolute Gasteiger partial charge is 0.319 e. The molecule has 0 spiro atoms. The highest BCUT2D eigenvalue weighted by atomic mass is 16.5. The van der Waals surface area contributed by atoms with Crippen LogP contribution in [0.15, 0.2) is 33.0 Å². The lowest BCUT2D eigenvalue weighted by Crippen LogP contribution is -2.44. The maximum absolute atomic E-state index is 9.93. The molecule has 0 bridgehead atoms. The van der Waals surface area contributed by atoms with Crippen molar-refractivity contribution in [3.05, 3.63) is 34.4 Å². The van der Waals surface area contributed by atoms with Crippen molar-refractivity contribution in [3.8, 4) is 23.6 Å². The zero-order valence-corrected chi connectivity index (χ0v) is 23.5. The summed E-state index contributed by atoms with van der Waals surface area (Å²) in [5, 5.41) is 17.7. The Kier molecular flexibility index (Phi) is 7.86. The van der Waals surface area contributed by atoms with E-state index in [4.69, 9.17) is 29.9 Å². The Labute approximate surface area is 230 Å². The zero-order valence-electron chi connectivity index (χ0n) is 23.5. The summed E-state index contributed by atoms with van der Waals surface area (Å²) in [6.07, 6.45) is 4.91. The first-order valence-corrected chi connectivity index (χ1v) is 13.9. The molecule has 11 heteroatoms. The normalized spacial score (nSPS) is 25.0. The molecule has 39 heavy (non-hydrogen) atoms. The summed E-state index contributed by atoms with van der Waals surface area (Å²) in [6, 6.07) is 4.89. The summed E-state index contributed by atoms with van der Waals surface area (Å²) in [6.45, 7) is 10.9. The Hall–Kier alpha value is -3.49. The molecule has 0 amide bonds. The Morgan fingerprint density at radius 1 is 1.26 bits per heavy atom. The van der Waals surface area contributed by atoms with Gasteiger partial charge in [0, 0.05) is 44.0 Å². The van der Waals surface area contributed by atoms with E-state index >= 15 is 0 Å². The molecule has 0 unspecified atom stereocenters. The van der Waals surface area contributed by atoms with Crippen LogP contribution in [0.1, 0.15) is 58.8 Å². The molecular formula is C28H39N9O2. The Bertz CT molecular complexity index is 1300. The number of hydrogen-bond acceptors (Lipinski definition) is 11. The van der Waals surface area contributed by atoms with Crippen LogP contribution in [-0.4, -0.2) is 77.4 Å². The molecule has 11 nitrogen and oxygen atoms in total. The second kappa shape index (κ2) is 11.3. The Morgan fingerprint density at radius 3 is 2.74 bits per heavy atom. The monoisotopic (exact) mass is 533 g/mol. The van der Waals surface area contributed by atoms with Gasteiger partial charge in [0.05, 0.1) is 11.0 Å². The molecule has 2 atom stereocenters. The average Bonchev–Trinajstić information content (AvgIpc) is 3.60. The zero-order chi connectivity index (χ0) is 27.6. The van der Waals surface area contributed by atoms with E-state index in [0.29, 0.717) is 47.3 Å². The first-order valence-electron chi connectivity index (χ1n) is 13.9. The minimum Gasteiger partial charge on any atom is -0.462 e. The van der Waals surface area contributed by atoms with E-state index in [2.05, 4.69) is 47.2 Å². The SMILES string of the molecule is CC1=C(/C(C#N)=C(\C)N)[C@@](C)(c2nc(-c3cc(N4CCNCC4)nc(OC[C@@H]4CCCN4C)n3)no2)CCC1. The largest absolute Gasteiger partial charge is 0.462 e. The summed E-state index contributed by atoms with van der Waals surface area (Å²) in [5.74, 6) is 1.62. The molecule has 2 fully saturated rings. The number of hydrogen-bond donors (Lipinski definition) is 2. The third-order valence-electron chi connectivity index (χ3n) is 8.30. The molecule has 0 radical (unpaired) electrons. The summed E-state index contributed by atoms with van der Waals surface area (Å²) in [7, 11) is 2.13. The fraction of sp³-hybridized carbons (Fsp3) is 0.607. The van der Waals surface area contributed by atoms with Crippen LogP contribution in [0.25, 0.3) is 11.5 Å². The number of nitrogens with one attached hydrogen (secondary N) is 1. The van der Waals surface area contributed by atoms with Gasteiger partial charge in [0.25, 0.3) is 0 Å². The number of likely N-dealkylation sites (N-methyl/N-ethyl adjacent to an activating group) is 1. The van der Waals surface area contributed by atoms with E-state index in [9.17, 15) is 5.26 Å². The van der Waals surface area contributed by atoms with Crippen LogP contribution in [0.3, 0.4) is 0 Å². The molecule has 1 aliphatic carbocycles. The molecule has 3 N–H and O–H groups in total. The van der Waals surface area contributed by atoms with E-state index in [-0.39, 0.29) is 0 Å². The van der Waals surface area contributed by atoms with Crippen LogP contribution in [0, 0.1) is 11.3 Å². The lowest BCUT2D eigenvalue weighted by Gasteiger charge is -2.34. The number of nitrogens with zero attached hydrogens (tertiary/aromatic N) is 7. The van der Waals surface area contributed by atoms with E-state index < -0.39 is 5.41 Å². The highest BCUT2D eigenvalue weighted by Crippen LogP contribution is 2.46. The molecule has 2 aromatic heterocycles. The van der Waals surface area contributed by atoms with Gasteiger partial charge in [-0.2, -0.15) is 20.2 Å². The van der Waals surface area contributed by atoms with Crippen molar-refractivity contribution in [2.45, 2.75) is 64.3 Å². The quantitative estimate of drug-likeness (QED) is 0.507. The maximum Gasteiger partial charge on any atom is 0.319 e. The van der Waals surface area contributed by atoms with Gasteiger partial charge in [0.1, 0.15) is 24.2 Å². The molecule has 0 aromatic carbocycles. The highest BCUT2D eigenvalue weighted by molar-refractivity contribution is 5.58. The predicted molar refractivity (Wildman–Crippen MR) is 148 cm³/mol. The second-order valence-corrected chi connectivity index (χ2v) is 11.2. The van der Waals surface area contributed by atoms with Crippen molar-refractivity contribution in [3.63, 3.8) is 0 Å². The van der Waals surface area contributed by atoms with Crippen LogP contribution >= 0.6 is 0 Å². The Balaban J connectivity index is 1.50. The van der Waals surface area contributed by atoms with Gasteiger partial charge in [0.15, 0.2) is 0 Å². The van der Waals surface area contributed by atoms with Crippen molar-refractivity contribution in [2.24, 2.45) is 5.73 Å². The number of allylic oxidation sites excluding steroid dienone is 4. The summed E-state index contributed by atoms with van der Waals surface area (Å²) in [4.78, 5) is 18.8. The third-order valence-corrected chi connectivity index (χ3v) is 8.30. The van der Waals surface area contributed by atoms with Crippen molar-refractivity contribution in [1.29, 1.82) is 5.26 Å². The first kappa shape index (κ1) is 27.1. The van der Waals surface area contributed by atoms with Gasteiger partial charge in [-0.25, -0.2) is 0 Å². The minimum atomic E-state index is -0.625. The maximum atomic E-state index is 9.93. The van der Waals surface area contributed by atoms with Gasteiger partial charge >= 0.3 is 6.01 Å². The van der Waals surface area contributed by atoms with Crippen LogP contribution in [-0.2, 0) is 5.41 Å². The predicted octanol–water partition coefficient (Wildman–Crippen LogP) is 2.92. The van der Waals surface area contributed by atoms with Gasteiger partial charge in [-0.05, 0) is 72.0 Å². The highest BCUT2D eigenvalue weighted by Gasteiger charge is 2.42. The van der Waals surface area contributed by atoms with Crippen molar-refractivity contribution in [2.75, 3.05) is 51.3 Å². The second-order valence-electron chi connectivity index (χ2n) is 11.2. The molecule has 4 heterocycles. The number of nitrogens with two attached hydrogens (primary N) is 1. The molecule has 2 aromatic rings. The summed E-state index contributed by atoms with van der Waals surface area (Å²) < 4.78 is 12.0. The number of piperazine rings is 1. The minimum absolute atomic E-state index is 0.321. The summed E-state index contributed by atoms with van der Waals surface area (Å²) >= 11 is 0.